The van der Waals surface area contributed by atoms with Gasteiger partial charge in [-0.3, -0.25) is 9.69 Å². The van der Waals surface area contributed by atoms with Crippen LogP contribution in [0.25, 0.3) is 0 Å². The normalized spacial score (nSPS) is 32.9. The molecular formula is C17H25N3O2. The van der Waals surface area contributed by atoms with E-state index in [1.807, 2.05) is 4.90 Å². The zero-order valence-electron chi connectivity index (χ0n) is 13.0. The van der Waals surface area contributed by atoms with Gasteiger partial charge in [-0.15, -0.1) is 0 Å². The smallest absolute Gasteiger partial charge is 0.289 e. The van der Waals surface area contributed by atoms with Crippen molar-refractivity contribution in [2.75, 3.05) is 39.3 Å². The topological polar surface area (TPSA) is 48.7 Å². The highest BCUT2D eigenvalue weighted by Crippen LogP contribution is 2.35. The summed E-state index contributed by atoms with van der Waals surface area (Å²) >= 11 is 0. The van der Waals surface area contributed by atoms with E-state index in [4.69, 9.17) is 4.42 Å². The van der Waals surface area contributed by atoms with Crippen LogP contribution in [0, 0.1) is 11.8 Å². The first kappa shape index (κ1) is 14.3. The first-order valence-electron chi connectivity index (χ1n) is 8.60. The lowest BCUT2D eigenvalue weighted by Gasteiger charge is -2.50. The third-order valence-corrected chi connectivity index (χ3v) is 5.68. The zero-order valence-corrected chi connectivity index (χ0v) is 13.0. The van der Waals surface area contributed by atoms with E-state index in [1.165, 1.54) is 32.4 Å². The predicted octanol–water partition coefficient (Wildman–Crippen LogP) is 1.43. The Morgan fingerprint density at radius 1 is 1.14 bits per heavy atom. The summed E-state index contributed by atoms with van der Waals surface area (Å²) in [4.78, 5) is 16.9. The molecule has 1 aromatic heterocycles. The minimum Gasteiger partial charge on any atom is -0.459 e. The largest absolute Gasteiger partial charge is 0.459 e. The summed E-state index contributed by atoms with van der Waals surface area (Å²) in [6.07, 6.45) is 5.68. The molecule has 0 spiro atoms. The van der Waals surface area contributed by atoms with Gasteiger partial charge in [0.05, 0.1) is 6.26 Å². The van der Waals surface area contributed by atoms with Crippen LogP contribution in [0.15, 0.2) is 22.8 Å². The molecule has 22 heavy (non-hydrogen) atoms. The highest BCUT2D eigenvalue weighted by atomic mass is 16.3. The maximum Gasteiger partial charge on any atom is 0.289 e. The van der Waals surface area contributed by atoms with Crippen LogP contribution in [0.5, 0.6) is 0 Å². The summed E-state index contributed by atoms with van der Waals surface area (Å²) in [5, 5.41) is 3.60. The van der Waals surface area contributed by atoms with Crippen LogP contribution in [-0.4, -0.2) is 61.0 Å². The van der Waals surface area contributed by atoms with Gasteiger partial charge in [-0.2, -0.15) is 0 Å². The number of fused-ring (bicyclic) bond motifs is 2. The molecule has 1 unspecified atom stereocenters. The van der Waals surface area contributed by atoms with Crippen LogP contribution >= 0.6 is 0 Å². The SMILES string of the molecule is O=C(c1ccco1)N1CCN(C2[C@@H]3CCC[C@H]2CNC3)CC1. The fourth-order valence-corrected chi connectivity index (χ4v) is 4.64. The van der Waals surface area contributed by atoms with E-state index in [-0.39, 0.29) is 5.91 Å². The maximum absolute atomic E-state index is 12.3. The molecule has 5 nitrogen and oxygen atoms in total. The molecule has 3 heterocycles. The molecule has 4 rings (SSSR count). The quantitative estimate of drug-likeness (QED) is 0.898. The van der Waals surface area contributed by atoms with Crippen LogP contribution in [0.4, 0.5) is 0 Å². The molecule has 5 heteroatoms. The minimum atomic E-state index is 0.0372. The van der Waals surface area contributed by atoms with Crippen molar-refractivity contribution in [1.29, 1.82) is 0 Å². The highest BCUT2D eigenvalue weighted by Gasteiger charge is 2.40. The minimum absolute atomic E-state index is 0.0372. The van der Waals surface area contributed by atoms with Crippen molar-refractivity contribution >= 4 is 5.91 Å². The predicted molar refractivity (Wildman–Crippen MR) is 83.7 cm³/mol. The highest BCUT2D eigenvalue weighted by molar-refractivity contribution is 5.91. The number of carbonyl (C=O) groups is 1. The Labute approximate surface area is 131 Å². The Kier molecular flexibility index (Phi) is 3.92. The van der Waals surface area contributed by atoms with Crippen LogP contribution in [0.3, 0.4) is 0 Å². The first-order chi connectivity index (χ1) is 10.8. The van der Waals surface area contributed by atoms with Crippen LogP contribution in [0.2, 0.25) is 0 Å². The summed E-state index contributed by atoms with van der Waals surface area (Å²) in [6.45, 7) is 6.00. The molecule has 0 radical (unpaired) electrons. The Bertz CT molecular complexity index is 486. The number of piperazine rings is 1. The second-order valence-corrected chi connectivity index (χ2v) is 6.91. The van der Waals surface area contributed by atoms with Crippen LogP contribution in [0.1, 0.15) is 29.8 Å². The van der Waals surface area contributed by atoms with Gasteiger partial charge in [0, 0.05) is 32.2 Å². The monoisotopic (exact) mass is 303 g/mol. The number of hydrogen-bond acceptors (Lipinski definition) is 4. The lowest BCUT2D eigenvalue weighted by Crippen LogP contribution is -2.61. The summed E-state index contributed by atoms with van der Waals surface area (Å²) in [7, 11) is 0. The van der Waals surface area contributed by atoms with E-state index >= 15 is 0 Å². The van der Waals surface area contributed by atoms with E-state index in [1.54, 1.807) is 18.4 Å². The van der Waals surface area contributed by atoms with Gasteiger partial charge >= 0.3 is 0 Å². The van der Waals surface area contributed by atoms with E-state index in [0.29, 0.717) is 5.76 Å². The van der Waals surface area contributed by atoms with Crippen molar-refractivity contribution < 1.29 is 9.21 Å². The number of rotatable bonds is 2. The number of piperidine rings is 1. The average Bonchev–Trinajstić information content (AvgIpc) is 3.08. The maximum atomic E-state index is 12.3. The fourth-order valence-electron chi connectivity index (χ4n) is 4.64. The van der Waals surface area contributed by atoms with Gasteiger partial charge in [0.2, 0.25) is 0 Å². The van der Waals surface area contributed by atoms with Crippen molar-refractivity contribution in [3.63, 3.8) is 0 Å². The Balaban J connectivity index is 1.38. The molecule has 1 N–H and O–H groups in total. The molecule has 2 saturated heterocycles. The van der Waals surface area contributed by atoms with Crippen LogP contribution < -0.4 is 5.32 Å². The summed E-state index contributed by atoms with van der Waals surface area (Å²) < 4.78 is 5.24. The summed E-state index contributed by atoms with van der Waals surface area (Å²) in [5.74, 6) is 2.11. The third-order valence-electron chi connectivity index (χ3n) is 5.68. The molecule has 1 amide bonds. The Morgan fingerprint density at radius 2 is 1.86 bits per heavy atom. The van der Waals surface area contributed by atoms with Crippen molar-refractivity contribution in [1.82, 2.24) is 15.1 Å². The average molecular weight is 303 g/mol. The zero-order chi connectivity index (χ0) is 14.9. The summed E-state index contributed by atoms with van der Waals surface area (Å²) in [5.41, 5.74) is 0. The molecule has 2 bridgehead atoms. The van der Waals surface area contributed by atoms with E-state index < -0.39 is 0 Å². The Morgan fingerprint density at radius 3 is 2.50 bits per heavy atom. The fraction of sp³-hybridized carbons (Fsp3) is 0.706. The van der Waals surface area contributed by atoms with Crippen molar-refractivity contribution in [2.45, 2.75) is 25.3 Å². The molecule has 3 fully saturated rings. The van der Waals surface area contributed by atoms with Gasteiger partial charge < -0.3 is 14.6 Å². The van der Waals surface area contributed by atoms with E-state index in [9.17, 15) is 4.79 Å². The molecule has 3 atom stereocenters. The van der Waals surface area contributed by atoms with Crippen molar-refractivity contribution in [3.05, 3.63) is 24.2 Å². The lowest BCUT2D eigenvalue weighted by atomic mass is 9.73. The van der Waals surface area contributed by atoms with E-state index in [2.05, 4.69) is 10.2 Å². The number of hydrogen-bond donors (Lipinski definition) is 1. The Hall–Kier alpha value is -1.33. The van der Waals surface area contributed by atoms with Gasteiger partial charge in [0.25, 0.3) is 5.91 Å². The molecular weight excluding hydrogens is 278 g/mol. The third kappa shape index (κ3) is 2.57. The van der Waals surface area contributed by atoms with Gasteiger partial charge in [-0.05, 0) is 49.9 Å². The number of amides is 1. The molecule has 3 aliphatic rings. The van der Waals surface area contributed by atoms with Gasteiger partial charge in [0.15, 0.2) is 5.76 Å². The lowest BCUT2D eigenvalue weighted by molar-refractivity contribution is 0.00211. The molecule has 1 aliphatic carbocycles. The number of nitrogens with zero attached hydrogens (tertiary/aromatic N) is 2. The molecule has 120 valence electrons. The summed E-state index contributed by atoms with van der Waals surface area (Å²) in [6, 6.07) is 4.27. The molecule has 2 aliphatic heterocycles. The van der Waals surface area contributed by atoms with Gasteiger partial charge in [0.1, 0.15) is 0 Å². The van der Waals surface area contributed by atoms with Crippen molar-refractivity contribution in [2.24, 2.45) is 11.8 Å². The number of furan rings is 1. The van der Waals surface area contributed by atoms with Crippen molar-refractivity contribution in [3.8, 4) is 0 Å². The molecule has 1 saturated carbocycles. The molecule has 1 aromatic rings. The molecule has 0 aromatic carbocycles. The number of nitrogens with one attached hydrogen (secondary N) is 1. The standard InChI is InChI=1S/C17H25N3O2/c21-17(15-5-2-10-22-15)20-8-6-19(7-9-20)16-13-3-1-4-14(16)12-18-11-13/h2,5,10,13-14,16,18H,1,3-4,6-9,11-12H2/t13-,14+,16?. The van der Waals surface area contributed by atoms with E-state index in [0.717, 1.165) is 44.1 Å². The second-order valence-electron chi connectivity index (χ2n) is 6.91. The first-order valence-corrected chi connectivity index (χ1v) is 8.60. The van der Waals surface area contributed by atoms with Crippen LogP contribution in [-0.2, 0) is 0 Å². The number of carbonyl (C=O) groups excluding carboxylic acids is 1. The second kappa shape index (κ2) is 6.05. The van der Waals surface area contributed by atoms with Gasteiger partial charge in [-0.1, -0.05) is 6.42 Å². The van der Waals surface area contributed by atoms with Gasteiger partial charge in [-0.25, -0.2) is 0 Å².